The van der Waals surface area contributed by atoms with Gasteiger partial charge in [0, 0.05) is 35.2 Å². The number of thioether (sulfide) groups is 1. The highest BCUT2D eigenvalue weighted by molar-refractivity contribution is 7.98. The van der Waals surface area contributed by atoms with Crippen molar-refractivity contribution in [3.05, 3.63) is 59.7 Å². The van der Waals surface area contributed by atoms with Gasteiger partial charge in [-0.15, -0.1) is 11.8 Å². The van der Waals surface area contributed by atoms with Crippen LogP contribution < -0.4 is 10.2 Å². The molecule has 28 heavy (non-hydrogen) atoms. The number of carbonyl (C=O) groups excluding carboxylic acids is 2. The zero-order chi connectivity index (χ0) is 20.3. The van der Waals surface area contributed by atoms with Crippen LogP contribution in [0.4, 0.5) is 14.5 Å². The normalized spacial score (nSPS) is 17.3. The lowest BCUT2D eigenvalue weighted by Gasteiger charge is -2.18. The number of amides is 2. The molecule has 5 nitrogen and oxygen atoms in total. The Hall–Kier alpha value is -2.92. The molecule has 144 valence electrons. The lowest BCUT2D eigenvalue weighted by molar-refractivity contribution is -0.126. The highest BCUT2D eigenvalue weighted by Crippen LogP contribution is 2.28. The van der Waals surface area contributed by atoms with Gasteiger partial charge in [-0.2, -0.15) is 5.26 Å². The van der Waals surface area contributed by atoms with Crippen molar-refractivity contribution in [2.45, 2.75) is 17.4 Å². The molecule has 2 atom stereocenters. The zero-order valence-electron chi connectivity index (χ0n) is 15.0. The highest BCUT2D eigenvalue weighted by Gasteiger charge is 2.36. The number of rotatable bonds is 5. The van der Waals surface area contributed by atoms with E-state index >= 15 is 0 Å². The van der Waals surface area contributed by atoms with Crippen LogP contribution in [0.15, 0.2) is 47.4 Å². The van der Waals surface area contributed by atoms with Gasteiger partial charge in [0.15, 0.2) is 0 Å². The van der Waals surface area contributed by atoms with Crippen LogP contribution in [0.5, 0.6) is 0 Å². The number of anilines is 1. The van der Waals surface area contributed by atoms with Crippen LogP contribution >= 0.6 is 11.8 Å². The maximum atomic E-state index is 13.9. The minimum Gasteiger partial charge on any atom is -0.336 e. The first-order valence-electron chi connectivity index (χ1n) is 8.52. The van der Waals surface area contributed by atoms with Crippen LogP contribution in [0, 0.1) is 28.9 Å². The molecule has 0 aliphatic carbocycles. The first-order chi connectivity index (χ1) is 13.4. The fourth-order valence-corrected chi connectivity index (χ4v) is 3.48. The maximum absolute atomic E-state index is 13.9. The van der Waals surface area contributed by atoms with Crippen LogP contribution in [-0.2, 0) is 9.59 Å². The van der Waals surface area contributed by atoms with Crippen LogP contribution in [0.1, 0.15) is 18.0 Å². The van der Waals surface area contributed by atoms with Gasteiger partial charge < -0.3 is 10.2 Å². The molecule has 0 spiro atoms. The zero-order valence-corrected chi connectivity index (χ0v) is 15.8. The Kier molecular flexibility index (Phi) is 5.95. The number of carbonyl (C=O) groups is 2. The molecule has 8 heteroatoms. The average molecular weight is 401 g/mol. The van der Waals surface area contributed by atoms with Crippen molar-refractivity contribution in [2.24, 2.45) is 5.92 Å². The molecule has 1 fully saturated rings. The van der Waals surface area contributed by atoms with E-state index in [9.17, 15) is 23.6 Å². The Morgan fingerprint density at radius 1 is 1.29 bits per heavy atom. The third kappa shape index (κ3) is 4.15. The number of nitrogens with zero attached hydrogens (tertiary/aromatic N) is 2. The molecule has 0 aromatic heterocycles. The molecule has 1 aliphatic heterocycles. The highest BCUT2D eigenvalue weighted by atomic mass is 32.2. The number of benzene rings is 2. The Balaban J connectivity index is 1.70. The lowest BCUT2D eigenvalue weighted by atomic mass is 10.0. The summed E-state index contributed by atoms with van der Waals surface area (Å²) in [4.78, 5) is 27.5. The van der Waals surface area contributed by atoms with Crippen LogP contribution in [0.3, 0.4) is 0 Å². The standard InChI is InChI=1S/C20H17F2N3O2S/c1-28-15-5-3-14(4-6-15)25-11-12(8-19(25)26)20(27)24-18(10-23)16-7-2-13(21)9-17(16)22/h2-7,9,12,18H,8,11H2,1H3,(H,24,27). The average Bonchev–Trinajstić information content (AvgIpc) is 3.08. The summed E-state index contributed by atoms with van der Waals surface area (Å²) in [6.07, 6.45) is 1.95. The summed E-state index contributed by atoms with van der Waals surface area (Å²) < 4.78 is 27.0. The van der Waals surface area contributed by atoms with Gasteiger partial charge in [0.25, 0.3) is 0 Å². The van der Waals surface area contributed by atoms with E-state index in [1.54, 1.807) is 17.8 Å². The van der Waals surface area contributed by atoms with Gasteiger partial charge in [0.2, 0.25) is 11.8 Å². The number of nitrogens with one attached hydrogen (secondary N) is 1. The minimum absolute atomic E-state index is 0.000160. The van der Waals surface area contributed by atoms with Gasteiger partial charge in [0.1, 0.15) is 17.7 Å². The molecule has 2 amide bonds. The fraction of sp³-hybridized carbons (Fsp3) is 0.250. The molecule has 2 unspecified atom stereocenters. The summed E-state index contributed by atoms with van der Waals surface area (Å²) in [6, 6.07) is 10.8. The van der Waals surface area contributed by atoms with E-state index < -0.39 is 29.5 Å². The second-order valence-corrected chi connectivity index (χ2v) is 7.22. The lowest BCUT2D eigenvalue weighted by Crippen LogP contribution is -2.35. The van der Waals surface area contributed by atoms with Crippen LogP contribution in [0.25, 0.3) is 0 Å². The smallest absolute Gasteiger partial charge is 0.227 e. The molecule has 0 bridgehead atoms. The second kappa shape index (κ2) is 8.40. The predicted molar refractivity (Wildman–Crippen MR) is 102 cm³/mol. The summed E-state index contributed by atoms with van der Waals surface area (Å²) in [5, 5.41) is 11.7. The van der Waals surface area contributed by atoms with Gasteiger partial charge in [0.05, 0.1) is 12.0 Å². The Morgan fingerprint density at radius 2 is 2.00 bits per heavy atom. The molecule has 0 saturated carbocycles. The summed E-state index contributed by atoms with van der Waals surface area (Å²) in [5.74, 6) is -3.06. The summed E-state index contributed by atoms with van der Waals surface area (Å²) in [5.41, 5.74) is 0.575. The maximum Gasteiger partial charge on any atom is 0.227 e. The SMILES string of the molecule is CSc1ccc(N2CC(C(=O)NC(C#N)c3ccc(F)cc3F)CC2=O)cc1. The van der Waals surface area contributed by atoms with Gasteiger partial charge >= 0.3 is 0 Å². The summed E-state index contributed by atoms with van der Waals surface area (Å²) >= 11 is 1.58. The van der Waals surface area contributed by atoms with E-state index in [0.29, 0.717) is 11.8 Å². The molecule has 2 aromatic carbocycles. The third-order valence-electron chi connectivity index (χ3n) is 4.57. The quantitative estimate of drug-likeness (QED) is 0.780. The monoisotopic (exact) mass is 401 g/mol. The van der Waals surface area contributed by atoms with E-state index in [1.165, 1.54) is 4.90 Å². The second-order valence-electron chi connectivity index (χ2n) is 6.34. The molecule has 0 radical (unpaired) electrons. The number of nitriles is 1. The van der Waals surface area contributed by atoms with Crippen LogP contribution in [0.2, 0.25) is 0 Å². The molecular formula is C20H17F2N3O2S. The summed E-state index contributed by atoms with van der Waals surface area (Å²) in [7, 11) is 0. The van der Waals surface area contributed by atoms with Gasteiger partial charge in [-0.3, -0.25) is 9.59 Å². The molecule has 1 heterocycles. The van der Waals surface area contributed by atoms with Crippen LogP contribution in [-0.4, -0.2) is 24.6 Å². The Labute approximate surface area is 165 Å². The number of halogens is 2. The number of hydrogen-bond acceptors (Lipinski definition) is 4. The first-order valence-corrected chi connectivity index (χ1v) is 9.74. The third-order valence-corrected chi connectivity index (χ3v) is 5.31. The van der Waals surface area contributed by atoms with Crippen molar-refractivity contribution in [3.8, 4) is 6.07 Å². The molecular weight excluding hydrogens is 384 g/mol. The summed E-state index contributed by atoms with van der Waals surface area (Å²) in [6.45, 7) is 0.174. The predicted octanol–water partition coefficient (Wildman–Crippen LogP) is 3.42. The molecule has 2 aromatic rings. The fourth-order valence-electron chi connectivity index (χ4n) is 3.07. The van der Waals surface area contributed by atoms with E-state index in [-0.39, 0.29) is 24.4 Å². The van der Waals surface area contributed by atoms with Crippen molar-refractivity contribution in [1.29, 1.82) is 5.26 Å². The van der Waals surface area contributed by atoms with E-state index in [4.69, 9.17) is 0 Å². The first kappa shape index (κ1) is 19.8. The van der Waals surface area contributed by atoms with Crippen molar-refractivity contribution >= 4 is 29.3 Å². The van der Waals surface area contributed by atoms with Gasteiger partial charge in [-0.05, 0) is 36.6 Å². The number of hydrogen-bond donors (Lipinski definition) is 1. The van der Waals surface area contributed by atoms with Crippen molar-refractivity contribution < 1.29 is 18.4 Å². The van der Waals surface area contributed by atoms with E-state index in [1.807, 2.05) is 30.5 Å². The van der Waals surface area contributed by atoms with Crippen molar-refractivity contribution in [3.63, 3.8) is 0 Å². The largest absolute Gasteiger partial charge is 0.336 e. The van der Waals surface area contributed by atoms with Gasteiger partial charge in [-0.1, -0.05) is 6.07 Å². The Morgan fingerprint density at radius 3 is 2.61 bits per heavy atom. The molecule has 1 saturated heterocycles. The molecule has 3 rings (SSSR count). The Bertz CT molecular complexity index is 943. The van der Waals surface area contributed by atoms with Crippen molar-refractivity contribution in [2.75, 3.05) is 17.7 Å². The minimum atomic E-state index is -1.27. The topological polar surface area (TPSA) is 73.2 Å². The van der Waals surface area contributed by atoms with E-state index in [0.717, 1.165) is 17.0 Å². The van der Waals surface area contributed by atoms with E-state index in [2.05, 4.69) is 5.32 Å². The van der Waals surface area contributed by atoms with Gasteiger partial charge in [-0.25, -0.2) is 8.78 Å². The molecule has 1 aliphatic rings. The molecule has 1 N–H and O–H groups in total. The van der Waals surface area contributed by atoms with Crippen molar-refractivity contribution in [1.82, 2.24) is 5.32 Å².